The largest absolute Gasteiger partial charge is 0.455 e. The van der Waals surface area contributed by atoms with Crippen LogP contribution in [0.1, 0.15) is 37.4 Å². The Balaban J connectivity index is 1.49. The van der Waals surface area contributed by atoms with Gasteiger partial charge in [0.15, 0.2) is 6.61 Å². The molecule has 1 aliphatic rings. The molecular formula is C23H26N2O4. The summed E-state index contributed by atoms with van der Waals surface area (Å²) in [6.07, 6.45) is 1.03. The third kappa shape index (κ3) is 5.22. The molecule has 0 unspecified atom stereocenters. The van der Waals surface area contributed by atoms with E-state index in [-0.39, 0.29) is 25.0 Å². The Hall–Kier alpha value is -3.15. The molecule has 29 heavy (non-hydrogen) atoms. The van der Waals surface area contributed by atoms with E-state index in [0.717, 1.165) is 12.0 Å². The number of rotatable bonds is 7. The molecule has 0 spiro atoms. The highest BCUT2D eigenvalue weighted by molar-refractivity contribution is 5.93. The van der Waals surface area contributed by atoms with Gasteiger partial charge in [-0.2, -0.15) is 0 Å². The van der Waals surface area contributed by atoms with Crippen molar-refractivity contribution in [2.75, 3.05) is 18.5 Å². The number of esters is 1. The van der Waals surface area contributed by atoms with Crippen LogP contribution in [0.15, 0.2) is 54.6 Å². The lowest BCUT2D eigenvalue weighted by Crippen LogP contribution is -2.30. The van der Waals surface area contributed by atoms with Crippen LogP contribution < -0.4 is 5.32 Å². The van der Waals surface area contributed by atoms with Crippen LogP contribution in [0.5, 0.6) is 0 Å². The Morgan fingerprint density at radius 1 is 1.14 bits per heavy atom. The fourth-order valence-electron chi connectivity index (χ4n) is 3.45. The van der Waals surface area contributed by atoms with Crippen molar-refractivity contribution in [1.82, 2.24) is 4.90 Å². The number of aryl methyl sites for hydroxylation is 1. The minimum atomic E-state index is -0.551. The molecule has 1 fully saturated rings. The molecule has 1 saturated heterocycles. The number of ether oxygens (including phenoxy) is 1. The van der Waals surface area contributed by atoms with Crippen LogP contribution >= 0.6 is 0 Å². The van der Waals surface area contributed by atoms with E-state index in [0.29, 0.717) is 12.2 Å². The Kier molecular flexibility index (Phi) is 6.65. The van der Waals surface area contributed by atoms with Gasteiger partial charge in [0.05, 0.1) is 12.0 Å². The summed E-state index contributed by atoms with van der Waals surface area (Å²) < 4.78 is 5.16. The van der Waals surface area contributed by atoms with Gasteiger partial charge in [0.1, 0.15) is 0 Å². The van der Waals surface area contributed by atoms with Gasteiger partial charge >= 0.3 is 5.97 Å². The first-order valence-electron chi connectivity index (χ1n) is 9.87. The summed E-state index contributed by atoms with van der Waals surface area (Å²) in [7, 11) is 0. The summed E-state index contributed by atoms with van der Waals surface area (Å²) in [5, 5.41) is 2.70. The lowest BCUT2D eigenvalue weighted by molar-refractivity contribution is -0.151. The fourth-order valence-corrected chi connectivity index (χ4v) is 3.45. The predicted molar refractivity (Wildman–Crippen MR) is 110 cm³/mol. The maximum Gasteiger partial charge on any atom is 0.311 e. The van der Waals surface area contributed by atoms with E-state index >= 15 is 0 Å². The van der Waals surface area contributed by atoms with Gasteiger partial charge in [-0.15, -0.1) is 0 Å². The molecule has 0 bridgehead atoms. The van der Waals surface area contributed by atoms with Crippen molar-refractivity contribution in [3.63, 3.8) is 0 Å². The van der Waals surface area contributed by atoms with E-state index in [4.69, 9.17) is 4.74 Å². The lowest BCUT2D eigenvalue weighted by atomic mass is 10.1. The summed E-state index contributed by atoms with van der Waals surface area (Å²) in [4.78, 5) is 38.5. The number of likely N-dealkylation sites (tertiary alicyclic amines) is 1. The zero-order chi connectivity index (χ0) is 20.8. The first-order valence-corrected chi connectivity index (χ1v) is 9.87. The molecule has 2 atom stereocenters. The highest BCUT2D eigenvalue weighted by Crippen LogP contribution is 2.29. The average molecular weight is 394 g/mol. The first kappa shape index (κ1) is 20.6. The minimum Gasteiger partial charge on any atom is -0.455 e. The van der Waals surface area contributed by atoms with Crippen LogP contribution in [-0.2, 0) is 25.5 Å². The number of carbonyl (C=O) groups is 3. The smallest absolute Gasteiger partial charge is 0.311 e. The van der Waals surface area contributed by atoms with Crippen LogP contribution in [0.3, 0.4) is 0 Å². The molecule has 6 nitrogen and oxygen atoms in total. The van der Waals surface area contributed by atoms with Gasteiger partial charge in [-0.3, -0.25) is 14.4 Å². The zero-order valence-corrected chi connectivity index (χ0v) is 16.8. The molecule has 3 rings (SSSR count). The van der Waals surface area contributed by atoms with Crippen LogP contribution in [0.4, 0.5) is 5.69 Å². The second-order valence-corrected chi connectivity index (χ2v) is 7.24. The zero-order valence-electron chi connectivity index (χ0n) is 16.8. The lowest BCUT2D eigenvalue weighted by Gasteiger charge is -2.25. The molecule has 1 heterocycles. The van der Waals surface area contributed by atoms with E-state index in [1.54, 1.807) is 4.90 Å². The fraction of sp³-hybridized carbons (Fsp3) is 0.348. The highest BCUT2D eigenvalue weighted by Gasteiger charge is 2.38. The Morgan fingerprint density at radius 3 is 2.48 bits per heavy atom. The number of hydrogen-bond acceptors (Lipinski definition) is 4. The number of nitrogens with zero attached hydrogens (tertiary/aromatic N) is 1. The summed E-state index contributed by atoms with van der Waals surface area (Å²) in [6.45, 7) is 3.93. The summed E-state index contributed by atoms with van der Waals surface area (Å²) in [5.41, 5.74) is 2.85. The third-order valence-electron chi connectivity index (χ3n) is 5.23. The molecule has 2 aromatic rings. The van der Waals surface area contributed by atoms with E-state index < -0.39 is 17.8 Å². The molecule has 0 aromatic heterocycles. The van der Waals surface area contributed by atoms with Gasteiger partial charge in [0.2, 0.25) is 5.91 Å². The maximum absolute atomic E-state index is 12.4. The van der Waals surface area contributed by atoms with Gasteiger partial charge in [0.25, 0.3) is 5.91 Å². The van der Waals surface area contributed by atoms with Gasteiger partial charge < -0.3 is 15.0 Å². The number of hydrogen-bond donors (Lipinski definition) is 1. The molecule has 0 aliphatic carbocycles. The van der Waals surface area contributed by atoms with Crippen molar-refractivity contribution in [3.05, 3.63) is 65.7 Å². The Bertz CT molecular complexity index is 864. The predicted octanol–water partition coefficient (Wildman–Crippen LogP) is 3.34. The number of amides is 2. The highest BCUT2D eigenvalue weighted by atomic mass is 16.5. The van der Waals surface area contributed by atoms with E-state index in [1.807, 2.05) is 61.5 Å². The Morgan fingerprint density at radius 2 is 1.83 bits per heavy atom. The SMILES string of the molecule is CCc1ccc(NC(=O)COC(=O)[C@@H]2CC(=O)N([C@@H](C)c3ccccc3)C2)cc1. The van der Waals surface area contributed by atoms with Gasteiger partial charge in [-0.25, -0.2) is 0 Å². The van der Waals surface area contributed by atoms with Crippen LogP contribution in [-0.4, -0.2) is 35.8 Å². The van der Waals surface area contributed by atoms with Crippen LogP contribution in [0.2, 0.25) is 0 Å². The van der Waals surface area contributed by atoms with E-state index in [9.17, 15) is 14.4 Å². The number of anilines is 1. The van der Waals surface area contributed by atoms with Gasteiger partial charge in [-0.1, -0.05) is 49.4 Å². The molecule has 152 valence electrons. The van der Waals surface area contributed by atoms with E-state index in [1.165, 1.54) is 5.56 Å². The monoisotopic (exact) mass is 394 g/mol. The molecule has 2 aromatic carbocycles. The van der Waals surface area contributed by atoms with Crippen molar-refractivity contribution >= 4 is 23.5 Å². The topological polar surface area (TPSA) is 75.7 Å². The van der Waals surface area contributed by atoms with Crippen molar-refractivity contribution in [1.29, 1.82) is 0 Å². The van der Waals surface area contributed by atoms with Crippen molar-refractivity contribution < 1.29 is 19.1 Å². The minimum absolute atomic E-state index is 0.0798. The third-order valence-corrected chi connectivity index (χ3v) is 5.23. The van der Waals surface area contributed by atoms with E-state index in [2.05, 4.69) is 12.2 Å². The number of benzene rings is 2. The Labute approximate surface area is 170 Å². The first-order chi connectivity index (χ1) is 14.0. The molecule has 0 radical (unpaired) electrons. The summed E-state index contributed by atoms with van der Waals surface area (Å²) >= 11 is 0. The van der Waals surface area contributed by atoms with Crippen molar-refractivity contribution in [3.8, 4) is 0 Å². The maximum atomic E-state index is 12.4. The number of nitrogens with one attached hydrogen (secondary N) is 1. The van der Waals surface area contributed by atoms with Gasteiger partial charge in [0, 0.05) is 18.7 Å². The molecular weight excluding hydrogens is 368 g/mol. The average Bonchev–Trinajstić information content (AvgIpc) is 3.14. The second-order valence-electron chi connectivity index (χ2n) is 7.24. The standard InChI is InChI=1S/C23H26N2O4/c1-3-17-9-11-20(12-10-17)24-21(26)15-29-23(28)19-13-22(27)25(14-19)16(2)18-7-5-4-6-8-18/h4-12,16,19H,3,13-15H2,1-2H3,(H,24,26)/t16-,19+/m0/s1. The quantitative estimate of drug-likeness (QED) is 0.731. The molecule has 2 amide bonds. The summed E-state index contributed by atoms with van der Waals surface area (Å²) in [6, 6.07) is 17.1. The van der Waals surface area contributed by atoms with Crippen molar-refractivity contribution in [2.45, 2.75) is 32.7 Å². The van der Waals surface area contributed by atoms with Gasteiger partial charge in [-0.05, 0) is 36.6 Å². The number of carbonyl (C=O) groups excluding carboxylic acids is 3. The normalized spacial score (nSPS) is 17.1. The van der Waals surface area contributed by atoms with Crippen LogP contribution in [0, 0.1) is 5.92 Å². The molecule has 1 N–H and O–H groups in total. The molecule has 1 aliphatic heterocycles. The van der Waals surface area contributed by atoms with Crippen molar-refractivity contribution in [2.24, 2.45) is 5.92 Å². The second kappa shape index (κ2) is 9.37. The summed E-state index contributed by atoms with van der Waals surface area (Å²) in [5.74, 6) is -1.55. The molecule has 6 heteroatoms. The molecule has 0 saturated carbocycles. The van der Waals surface area contributed by atoms with Crippen LogP contribution in [0.25, 0.3) is 0 Å².